The second-order valence-corrected chi connectivity index (χ2v) is 6.54. The van der Waals surface area contributed by atoms with Crippen LogP contribution in [0.5, 0.6) is 0 Å². The third kappa shape index (κ3) is 4.60. The summed E-state index contributed by atoms with van der Waals surface area (Å²) in [6, 6.07) is 6.65. The van der Waals surface area contributed by atoms with E-state index in [1.807, 2.05) is 0 Å². The van der Waals surface area contributed by atoms with Gasteiger partial charge in [0.15, 0.2) is 0 Å². The van der Waals surface area contributed by atoms with Crippen LogP contribution in [0.3, 0.4) is 0 Å². The number of amides is 1. The van der Waals surface area contributed by atoms with Gasteiger partial charge in [0, 0.05) is 19.2 Å². The number of carbonyl (C=O) groups is 1. The molecule has 25 heavy (non-hydrogen) atoms. The lowest BCUT2D eigenvalue weighted by atomic mass is 10.2. The largest absolute Gasteiger partial charge is 0.376 e. The summed E-state index contributed by atoms with van der Waals surface area (Å²) in [5.41, 5.74) is 0.683. The number of benzene rings is 1. The van der Waals surface area contributed by atoms with Crippen LogP contribution in [0.1, 0.15) is 29.2 Å². The van der Waals surface area contributed by atoms with Crippen LogP contribution in [0.2, 0.25) is 10.0 Å². The third-order valence-electron chi connectivity index (χ3n) is 3.81. The van der Waals surface area contributed by atoms with E-state index in [1.165, 1.54) is 0 Å². The van der Waals surface area contributed by atoms with Crippen molar-refractivity contribution in [2.45, 2.75) is 25.9 Å². The monoisotopic (exact) mass is 380 g/mol. The average molecular weight is 381 g/mol. The fourth-order valence-corrected chi connectivity index (χ4v) is 2.93. The molecule has 8 heteroatoms. The molecule has 2 aromatic rings. The first-order chi connectivity index (χ1) is 12.0. The zero-order valence-corrected chi connectivity index (χ0v) is 15.2. The highest BCUT2D eigenvalue weighted by atomic mass is 35.5. The molecule has 2 heterocycles. The predicted molar refractivity (Wildman–Crippen MR) is 98.6 cm³/mol. The van der Waals surface area contributed by atoms with Crippen molar-refractivity contribution in [2.24, 2.45) is 0 Å². The highest BCUT2D eigenvalue weighted by Crippen LogP contribution is 2.29. The predicted octanol–water partition coefficient (Wildman–Crippen LogP) is 3.94. The van der Waals surface area contributed by atoms with E-state index >= 15 is 0 Å². The van der Waals surface area contributed by atoms with Crippen molar-refractivity contribution in [1.29, 1.82) is 0 Å². The summed E-state index contributed by atoms with van der Waals surface area (Å²) in [6.07, 6.45) is 2.28. The van der Waals surface area contributed by atoms with Gasteiger partial charge in [-0.2, -0.15) is 0 Å². The Morgan fingerprint density at radius 3 is 2.96 bits per heavy atom. The normalized spacial score (nSPS) is 16.7. The van der Waals surface area contributed by atoms with Gasteiger partial charge in [0.25, 0.3) is 5.91 Å². The summed E-state index contributed by atoms with van der Waals surface area (Å²) in [6.45, 7) is 3.18. The summed E-state index contributed by atoms with van der Waals surface area (Å²) in [5.74, 6) is 0.708. The van der Waals surface area contributed by atoms with Gasteiger partial charge >= 0.3 is 0 Å². The molecule has 0 aliphatic carbocycles. The maximum absolute atomic E-state index is 12.5. The number of ether oxygens (including phenoxy) is 1. The smallest absolute Gasteiger partial charge is 0.274 e. The Balaban J connectivity index is 1.72. The lowest BCUT2D eigenvalue weighted by Crippen LogP contribution is -2.20. The summed E-state index contributed by atoms with van der Waals surface area (Å²) in [7, 11) is 0. The van der Waals surface area contributed by atoms with E-state index in [0.29, 0.717) is 33.9 Å². The molecular formula is C17H18Cl2N4O2. The van der Waals surface area contributed by atoms with Crippen LogP contribution in [0, 0.1) is 6.92 Å². The summed E-state index contributed by atoms with van der Waals surface area (Å²) in [5, 5.41) is 6.59. The topological polar surface area (TPSA) is 76.1 Å². The Labute approximate surface area is 155 Å². The van der Waals surface area contributed by atoms with Gasteiger partial charge < -0.3 is 15.4 Å². The molecular weight excluding hydrogens is 363 g/mol. The molecule has 1 aromatic heterocycles. The number of hydrogen-bond acceptors (Lipinski definition) is 5. The second kappa shape index (κ2) is 7.99. The van der Waals surface area contributed by atoms with Crippen molar-refractivity contribution in [2.75, 3.05) is 23.8 Å². The molecule has 1 aliphatic heterocycles. The maximum Gasteiger partial charge on any atom is 0.274 e. The Kier molecular flexibility index (Phi) is 5.73. The van der Waals surface area contributed by atoms with Crippen LogP contribution in [0.25, 0.3) is 0 Å². The summed E-state index contributed by atoms with van der Waals surface area (Å²) >= 11 is 12.1. The molecule has 3 rings (SSSR count). The van der Waals surface area contributed by atoms with Gasteiger partial charge in [-0.3, -0.25) is 4.79 Å². The van der Waals surface area contributed by atoms with Gasteiger partial charge in [0.2, 0.25) is 0 Å². The number of halogens is 2. The zero-order chi connectivity index (χ0) is 17.8. The zero-order valence-electron chi connectivity index (χ0n) is 13.7. The first kappa shape index (κ1) is 17.9. The quantitative estimate of drug-likeness (QED) is 0.821. The minimum atomic E-state index is -0.380. The standard InChI is InChI=1S/C17H18Cl2N4O2/c1-10-21-14(8-15(22-10)20-9-11-4-3-7-25-11)17(24)23-13-6-2-5-12(18)16(13)19/h2,5-6,8,11H,3-4,7,9H2,1H3,(H,23,24)(H,20,21,22). The number of carbonyl (C=O) groups excluding carboxylic acids is 1. The molecule has 0 spiro atoms. The van der Waals surface area contributed by atoms with Gasteiger partial charge in [-0.15, -0.1) is 0 Å². The molecule has 1 atom stereocenters. The lowest BCUT2D eigenvalue weighted by molar-refractivity contribution is 0.102. The summed E-state index contributed by atoms with van der Waals surface area (Å²) < 4.78 is 5.57. The van der Waals surface area contributed by atoms with E-state index in [1.54, 1.807) is 31.2 Å². The van der Waals surface area contributed by atoms with Crippen LogP contribution in [0.15, 0.2) is 24.3 Å². The fraction of sp³-hybridized carbons (Fsp3) is 0.353. The van der Waals surface area contributed by atoms with Crippen LogP contribution in [0.4, 0.5) is 11.5 Å². The van der Waals surface area contributed by atoms with Crippen LogP contribution < -0.4 is 10.6 Å². The molecule has 1 aliphatic rings. The number of aryl methyl sites for hydroxylation is 1. The molecule has 1 saturated heterocycles. The molecule has 0 saturated carbocycles. The molecule has 1 amide bonds. The van der Waals surface area contributed by atoms with E-state index in [4.69, 9.17) is 27.9 Å². The van der Waals surface area contributed by atoms with E-state index in [2.05, 4.69) is 20.6 Å². The number of nitrogens with zero attached hydrogens (tertiary/aromatic N) is 2. The first-order valence-corrected chi connectivity index (χ1v) is 8.75. The Morgan fingerprint density at radius 1 is 1.36 bits per heavy atom. The van der Waals surface area contributed by atoms with Crippen molar-refractivity contribution < 1.29 is 9.53 Å². The van der Waals surface area contributed by atoms with E-state index in [0.717, 1.165) is 19.4 Å². The fourth-order valence-electron chi connectivity index (χ4n) is 2.58. The molecule has 1 unspecified atom stereocenters. The molecule has 2 N–H and O–H groups in total. The molecule has 0 radical (unpaired) electrons. The van der Waals surface area contributed by atoms with Crippen molar-refractivity contribution in [3.63, 3.8) is 0 Å². The number of aromatic nitrogens is 2. The number of rotatable bonds is 5. The van der Waals surface area contributed by atoms with Gasteiger partial charge in [0.1, 0.15) is 17.3 Å². The van der Waals surface area contributed by atoms with Crippen molar-refractivity contribution in [3.05, 3.63) is 45.8 Å². The second-order valence-electron chi connectivity index (χ2n) is 5.76. The Hall–Kier alpha value is -1.89. The Morgan fingerprint density at radius 2 is 2.20 bits per heavy atom. The number of anilines is 2. The minimum Gasteiger partial charge on any atom is -0.376 e. The SMILES string of the molecule is Cc1nc(NCC2CCCO2)cc(C(=O)Nc2cccc(Cl)c2Cl)n1. The van der Waals surface area contributed by atoms with Crippen molar-refractivity contribution in [1.82, 2.24) is 9.97 Å². The molecule has 6 nitrogen and oxygen atoms in total. The maximum atomic E-state index is 12.5. The third-order valence-corrected chi connectivity index (χ3v) is 4.62. The van der Waals surface area contributed by atoms with Gasteiger partial charge in [-0.25, -0.2) is 9.97 Å². The molecule has 132 valence electrons. The molecule has 1 fully saturated rings. The molecule has 1 aromatic carbocycles. The van der Waals surface area contributed by atoms with E-state index in [9.17, 15) is 4.79 Å². The Bertz CT molecular complexity index is 779. The van der Waals surface area contributed by atoms with Gasteiger partial charge in [0.05, 0.1) is 21.8 Å². The highest BCUT2D eigenvalue weighted by Gasteiger charge is 2.17. The van der Waals surface area contributed by atoms with Crippen LogP contribution in [-0.2, 0) is 4.74 Å². The van der Waals surface area contributed by atoms with Crippen LogP contribution >= 0.6 is 23.2 Å². The minimum absolute atomic E-state index is 0.179. The lowest BCUT2D eigenvalue weighted by Gasteiger charge is -2.13. The number of nitrogens with one attached hydrogen (secondary N) is 2. The van der Waals surface area contributed by atoms with Crippen LogP contribution in [-0.4, -0.2) is 35.1 Å². The van der Waals surface area contributed by atoms with Crippen molar-refractivity contribution >= 4 is 40.6 Å². The average Bonchev–Trinajstić information content (AvgIpc) is 3.10. The number of hydrogen-bond donors (Lipinski definition) is 2. The summed E-state index contributed by atoms with van der Waals surface area (Å²) in [4.78, 5) is 21.0. The van der Waals surface area contributed by atoms with E-state index < -0.39 is 0 Å². The van der Waals surface area contributed by atoms with Gasteiger partial charge in [-0.1, -0.05) is 29.3 Å². The highest BCUT2D eigenvalue weighted by molar-refractivity contribution is 6.44. The van der Waals surface area contributed by atoms with Gasteiger partial charge in [-0.05, 0) is 31.9 Å². The molecule has 0 bridgehead atoms. The van der Waals surface area contributed by atoms with E-state index in [-0.39, 0.29) is 17.7 Å². The first-order valence-electron chi connectivity index (χ1n) is 7.99. The van der Waals surface area contributed by atoms with Crippen molar-refractivity contribution in [3.8, 4) is 0 Å².